The van der Waals surface area contributed by atoms with Crippen LogP contribution in [0.25, 0.3) is 33.6 Å². The fourth-order valence-corrected chi connectivity index (χ4v) is 5.56. The van der Waals surface area contributed by atoms with E-state index >= 15 is 0 Å². The molecule has 0 spiro atoms. The Labute approximate surface area is 211 Å². The van der Waals surface area contributed by atoms with Crippen molar-refractivity contribution in [2.75, 3.05) is 0 Å². The van der Waals surface area contributed by atoms with Gasteiger partial charge in [0.15, 0.2) is 0 Å². The van der Waals surface area contributed by atoms with E-state index in [-0.39, 0.29) is 5.41 Å². The zero-order valence-corrected chi connectivity index (χ0v) is 22.0. The van der Waals surface area contributed by atoms with Gasteiger partial charge in [0.1, 0.15) is 5.82 Å². The summed E-state index contributed by atoms with van der Waals surface area (Å²) < 4.78 is 1.07. The van der Waals surface area contributed by atoms with Gasteiger partial charge in [-0.15, -0.1) is 0 Å². The Morgan fingerprint density at radius 2 is 1.41 bits per heavy atom. The third-order valence-electron chi connectivity index (χ3n) is 7.26. The van der Waals surface area contributed by atoms with Crippen molar-refractivity contribution in [3.63, 3.8) is 0 Å². The van der Waals surface area contributed by atoms with Crippen LogP contribution >= 0.6 is 15.9 Å². The Hall–Kier alpha value is -2.78. The van der Waals surface area contributed by atoms with Gasteiger partial charge in [0, 0.05) is 26.9 Å². The van der Waals surface area contributed by atoms with Crippen LogP contribution in [0.1, 0.15) is 69.8 Å². The van der Waals surface area contributed by atoms with Gasteiger partial charge in [-0.25, -0.2) is 9.97 Å². The van der Waals surface area contributed by atoms with Crippen molar-refractivity contribution in [3.8, 4) is 33.6 Å². The second-order valence-electron chi connectivity index (χ2n) is 9.83. The van der Waals surface area contributed by atoms with E-state index in [1.807, 2.05) is 0 Å². The topological polar surface area (TPSA) is 25.8 Å². The Morgan fingerprint density at radius 3 is 2.12 bits per heavy atom. The van der Waals surface area contributed by atoms with E-state index in [0.29, 0.717) is 5.92 Å². The molecule has 1 aliphatic rings. The van der Waals surface area contributed by atoms with E-state index in [1.54, 1.807) is 0 Å². The molecule has 0 saturated heterocycles. The van der Waals surface area contributed by atoms with E-state index in [1.165, 1.54) is 22.3 Å². The second-order valence-corrected chi connectivity index (χ2v) is 10.7. The van der Waals surface area contributed by atoms with Crippen molar-refractivity contribution >= 4 is 15.9 Å². The Kier molecular flexibility index (Phi) is 6.16. The minimum absolute atomic E-state index is 0.0273. The van der Waals surface area contributed by atoms with Gasteiger partial charge in [0.25, 0.3) is 0 Å². The van der Waals surface area contributed by atoms with Crippen molar-refractivity contribution in [3.05, 3.63) is 94.2 Å². The van der Waals surface area contributed by atoms with E-state index in [9.17, 15) is 0 Å². The van der Waals surface area contributed by atoms with Gasteiger partial charge >= 0.3 is 0 Å². The standard InChI is InChI=1S/C31H31BrN2/c1-5-9-20(6-2)30-33-28(21-12-15-23(32)16-13-21)19-29(34-30)22-14-17-25-24-10-7-8-11-26(24)31(3,4)27(25)18-22/h7-8,10-20H,5-6,9H2,1-4H3. The smallest absolute Gasteiger partial charge is 0.132 e. The molecule has 0 N–H and O–H groups in total. The van der Waals surface area contributed by atoms with Crippen LogP contribution in [-0.4, -0.2) is 9.97 Å². The van der Waals surface area contributed by atoms with Gasteiger partial charge in [0.05, 0.1) is 11.4 Å². The molecule has 1 aliphatic carbocycles. The summed E-state index contributed by atoms with van der Waals surface area (Å²) in [5, 5.41) is 0. The number of hydrogen-bond donors (Lipinski definition) is 0. The number of rotatable bonds is 6. The molecule has 1 heterocycles. The molecular weight excluding hydrogens is 480 g/mol. The molecule has 2 nitrogen and oxygen atoms in total. The van der Waals surface area contributed by atoms with E-state index in [0.717, 1.165) is 52.1 Å². The van der Waals surface area contributed by atoms with E-state index in [2.05, 4.69) is 116 Å². The maximum absolute atomic E-state index is 5.14. The molecule has 172 valence electrons. The second kappa shape index (κ2) is 9.11. The summed E-state index contributed by atoms with van der Waals surface area (Å²) in [6, 6.07) is 26.2. The quantitative estimate of drug-likeness (QED) is 0.258. The highest BCUT2D eigenvalue weighted by atomic mass is 79.9. The lowest BCUT2D eigenvalue weighted by Gasteiger charge is -2.22. The van der Waals surface area contributed by atoms with Gasteiger partial charge < -0.3 is 0 Å². The zero-order valence-electron chi connectivity index (χ0n) is 20.4. The number of nitrogens with zero attached hydrogens (tertiary/aromatic N) is 2. The number of benzene rings is 3. The first-order valence-electron chi connectivity index (χ1n) is 12.3. The highest BCUT2D eigenvalue weighted by molar-refractivity contribution is 9.10. The molecule has 3 heteroatoms. The van der Waals surface area contributed by atoms with Crippen LogP contribution in [0.4, 0.5) is 0 Å². The van der Waals surface area contributed by atoms with Crippen LogP contribution in [0, 0.1) is 0 Å². The van der Waals surface area contributed by atoms with Crippen LogP contribution in [0.15, 0.2) is 77.3 Å². The molecule has 0 radical (unpaired) electrons. The third kappa shape index (κ3) is 4.01. The molecule has 1 aromatic heterocycles. The Bertz CT molecular complexity index is 1340. The fraction of sp³-hybridized carbons (Fsp3) is 0.290. The molecule has 0 amide bonds. The summed E-state index contributed by atoms with van der Waals surface area (Å²) in [6.45, 7) is 9.14. The highest BCUT2D eigenvalue weighted by Crippen LogP contribution is 2.49. The first-order chi connectivity index (χ1) is 16.4. The molecule has 0 fully saturated rings. The van der Waals surface area contributed by atoms with Crippen molar-refractivity contribution in [2.45, 2.75) is 58.3 Å². The third-order valence-corrected chi connectivity index (χ3v) is 7.79. The van der Waals surface area contributed by atoms with Crippen LogP contribution < -0.4 is 0 Å². The molecule has 0 bridgehead atoms. The predicted octanol–water partition coefficient (Wildman–Crippen LogP) is 9.17. The molecule has 1 atom stereocenters. The normalized spacial score (nSPS) is 14.5. The number of fused-ring (bicyclic) bond motifs is 3. The van der Waals surface area contributed by atoms with Crippen molar-refractivity contribution < 1.29 is 0 Å². The SMILES string of the molecule is CCCC(CC)c1nc(-c2ccc(Br)cc2)cc(-c2ccc3c(c2)C(C)(C)c2ccccc2-3)n1. The Balaban J connectivity index is 1.66. The van der Waals surface area contributed by atoms with Crippen LogP contribution in [-0.2, 0) is 5.41 Å². The summed E-state index contributed by atoms with van der Waals surface area (Å²) in [5.74, 6) is 1.33. The van der Waals surface area contributed by atoms with Crippen molar-refractivity contribution in [1.29, 1.82) is 0 Å². The average Bonchev–Trinajstić information content (AvgIpc) is 3.09. The number of halogens is 1. The molecule has 0 saturated carbocycles. The van der Waals surface area contributed by atoms with Gasteiger partial charge in [-0.3, -0.25) is 0 Å². The molecule has 5 rings (SSSR count). The van der Waals surface area contributed by atoms with Crippen molar-refractivity contribution in [1.82, 2.24) is 9.97 Å². The molecule has 4 aromatic rings. The van der Waals surface area contributed by atoms with E-state index < -0.39 is 0 Å². The molecule has 3 aromatic carbocycles. The van der Waals surface area contributed by atoms with Crippen molar-refractivity contribution in [2.24, 2.45) is 0 Å². The fourth-order valence-electron chi connectivity index (χ4n) is 5.29. The van der Waals surface area contributed by atoms with Gasteiger partial charge in [0.2, 0.25) is 0 Å². The number of aromatic nitrogens is 2. The first kappa shape index (κ1) is 23.0. The first-order valence-corrected chi connectivity index (χ1v) is 13.1. The Morgan fingerprint density at radius 1 is 0.765 bits per heavy atom. The maximum atomic E-state index is 5.14. The summed E-state index contributed by atoms with van der Waals surface area (Å²) >= 11 is 3.56. The van der Waals surface area contributed by atoms with Crippen LogP contribution in [0.5, 0.6) is 0 Å². The monoisotopic (exact) mass is 510 g/mol. The van der Waals surface area contributed by atoms with Gasteiger partial charge in [-0.1, -0.05) is 98.6 Å². The van der Waals surface area contributed by atoms with Crippen LogP contribution in [0.3, 0.4) is 0 Å². The average molecular weight is 512 g/mol. The summed E-state index contributed by atoms with van der Waals surface area (Å²) in [4.78, 5) is 10.2. The molecule has 0 aliphatic heterocycles. The lowest BCUT2D eigenvalue weighted by atomic mass is 9.82. The minimum atomic E-state index is -0.0273. The van der Waals surface area contributed by atoms with Gasteiger partial charge in [-0.2, -0.15) is 0 Å². The van der Waals surface area contributed by atoms with E-state index in [4.69, 9.17) is 9.97 Å². The molecular formula is C31H31BrN2. The maximum Gasteiger partial charge on any atom is 0.132 e. The lowest BCUT2D eigenvalue weighted by molar-refractivity contribution is 0.565. The largest absolute Gasteiger partial charge is 0.233 e. The lowest BCUT2D eigenvalue weighted by Crippen LogP contribution is -2.15. The molecule has 34 heavy (non-hydrogen) atoms. The summed E-state index contributed by atoms with van der Waals surface area (Å²) in [5.41, 5.74) is 9.71. The highest BCUT2D eigenvalue weighted by Gasteiger charge is 2.35. The predicted molar refractivity (Wildman–Crippen MR) is 146 cm³/mol. The summed E-state index contributed by atoms with van der Waals surface area (Å²) in [7, 11) is 0. The molecule has 1 unspecified atom stereocenters. The zero-order chi connectivity index (χ0) is 23.9. The minimum Gasteiger partial charge on any atom is -0.233 e. The summed E-state index contributed by atoms with van der Waals surface area (Å²) in [6.07, 6.45) is 3.28. The van der Waals surface area contributed by atoms with Crippen LogP contribution in [0.2, 0.25) is 0 Å². The number of hydrogen-bond acceptors (Lipinski definition) is 2. The van der Waals surface area contributed by atoms with Gasteiger partial charge in [-0.05, 0) is 59.4 Å².